The second-order valence-electron chi connectivity index (χ2n) is 7.15. The van der Waals surface area contributed by atoms with Crippen molar-refractivity contribution in [1.29, 1.82) is 0 Å². The molecule has 5 heteroatoms. The number of hydrogen-bond acceptors (Lipinski definition) is 3. The average molecular weight is 346 g/mol. The van der Waals surface area contributed by atoms with Gasteiger partial charge in [0.1, 0.15) is 17.9 Å². The van der Waals surface area contributed by atoms with Gasteiger partial charge in [-0.1, -0.05) is 44.7 Å². The van der Waals surface area contributed by atoms with Crippen LogP contribution in [0.2, 0.25) is 0 Å². The number of rotatable bonds is 9. The standard InChI is InChI=1S/C20H30N2O3/c1-5-6-7-8-11-20(4)18(23)22(19(24)21-20)12-13-25-17-14-15(2)9-10-16(17)3/h9-10,14H,5-8,11-13H2,1-4H3,(H,21,24). The molecule has 1 atom stereocenters. The Morgan fingerprint density at radius 3 is 2.64 bits per heavy atom. The Hall–Kier alpha value is -2.04. The number of carbonyl (C=O) groups excluding carboxylic acids is 2. The van der Waals surface area contributed by atoms with Crippen molar-refractivity contribution in [2.75, 3.05) is 13.2 Å². The van der Waals surface area contributed by atoms with Gasteiger partial charge in [0, 0.05) is 0 Å². The van der Waals surface area contributed by atoms with E-state index in [1.165, 1.54) is 4.90 Å². The maximum absolute atomic E-state index is 12.7. The van der Waals surface area contributed by atoms with Crippen molar-refractivity contribution in [3.8, 4) is 5.75 Å². The first kappa shape index (κ1) is 19.3. The largest absolute Gasteiger partial charge is 0.491 e. The molecule has 0 bridgehead atoms. The van der Waals surface area contributed by atoms with Gasteiger partial charge < -0.3 is 10.1 Å². The number of imide groups is 1. The number of carbonyl (C=O) groups is 2. The Bertz CT molecular complexity index is 629. The fourth-order valence-electron chi connectivity index (χ4n) is 3.13. The minimum atomic E-state index is -0.774. The molecule has 1 heterocycles. The highest BCUT2D eigenvalue weighted by Crippen LogP contribution is 2.24. The molecule has 0 aromatic heterocycles. The van der Waals surface area contributed by atoms with E-state index in [1.807, 2.05) is 39.0 Å². The third-order valence-corrected chi connectivity index (χ3v) is 4.79. The zero-order valence-electron chi connectivity index (χ0n) is 15.9. The summed E-state index contributed by atoms with van der Waals surface area (Å²) in [5, 5.41) is 2.86. The first-order valence-electron chi connectivity index (χ1n) is 9.21. The molecule has 5 nitrogen and oxygen atoms in total. The SMILES string of the molecule is CCCCCCC1(C)NC(=O)N(CCOc2cc(C)ccc2C)C1=O. The molecule has 1 N–H and O–H groups in total. The zero-order chi connectivity index (χ0) is 18.4. The number of nitrogens with zero attached hydrogens (tertiary/aromatic N) is 1. The number of benzene rings is 1. The minimum Gasteiger partial charge on any atom is -0.491 e. The van der Waals surface area contributed by atoms with Crippen LogP contribution in [0, 0.1) is 13.8 Å². The summed E-state index contributed by atoms with van der Waals surface area (Å²) in [7, 11) is 0. The lowest BCUT2D eigenvalue weighted by Crippen LogP contribution is -2.44. The highest BCUT2D eigenvalue weighted by molar-refractivity contribution is 6.06. The summed E-state index contributed by atoms with van der Waals surface area (Å²) in [6, 6.07) is 5.70. The number of unbranched alkanes of at least 4 members (excludes halogenated alkanes) is 3. The Morgan fingerprint density at radius 1 is 1.16 bits per heavy atom. The van der Waals surface area contributed by atoms with Crippen LogP contribution in [-0.2, 0) is 4.79 Å². The van der Waals surface area contributed by atoms with Gasteiger partial charge in [0.15, 0.2) is 0 Å². The molecule has 1 aromatic rings. The first-order valence-corrected chi connectivity index (χ1v) is 9.21. The van der Waals surface area contributed by atoms with Crippen LogP contribution in [0.5, 0.6) is 5.75 Å². The van der Waals surface area contributed by atoms with Crippen molar-refractivity contribution < 1.29 is 14.3 Å². The van der Waals surface area contributed by atoms with Gasteiger partial charge >= 0.3 is 6.03 Å². The van der Waals surface area contributed by atoms with Crippen LogP contribution >= 0.6 is 0 Å². The normalized spacial score (nSPS) is 20.1. The molecule has 1 fully saturated rings. The lowest BCUT2D eigenvalue weighted by atomic mass is 9.94. The summed E-state index contributed by atoms with van der Waals surface area (Å²) in [6.45, 7) is 8.54. The number of ether oxygens (including phenoxy) is 1. The van der Waals surface area contributed by atoms with E-state index in [-0.39, 0.29) is 18.5 Å². The number of urea groups is 1. The molecule has 1 unspecified atom stereocenters. The van der Waals surface area contributed by atoms with E-state index in [1.54, 1.807) is 0 Å². The molecule has 2 rings (SSSR count). The van der Waals surface area contributed by atoms with Crippen molar-refractivity contribution in [3.05, 3.63) is 29.3 Å². The molecule has 138 valence electrons. The molecule has 1 aromatic carbocycles. The van der Waals surface area contributed by atoms with Gasteiger partial charge in [-0.25, -0.2) is 4.79 Å². The quantitative estimate of drug-likeness (QED) is 0.544. The Kier molecular flexibility index (Phi) is 6.45. The number of nitrogens with one attached hydrogen (secondary N) is 1. The van der Waals surface area contributed by atoms with Gasteiger partial charge in [-0.05, 0) is 44.4 Å². The molecule has 1 saturated heterocycles. The van der Waals surface area contributed by atoms with Gasteiger partial charge in [0.25, 0.3) is 5.91 Å². The van der Waals surface area contributed by atoms with E-state index in [0.717, 1.165) is 42.6 Å². The summed E-state index contributed by atoms with van der Waals surface area (Å²) in [6.07, 6.45) is 5.03. The van der Waals surface area contributed by atoms with Crippen molar-refractivity contribution in [2.24, 2.45) is 0 Å². The molecule has 0 aliphatic carbocycles. The van der Waals surface area contributed by atoms with Crippen LogP contribution in [0.15, 0.2) is 18.2 Å². The molecule has 0 saturated carbocycles. The lowest BCUT2D eigenvalue weighted by molar-refractivity contribution is -0.131. The number of amides is 3. The molecule has 1 aliphatic heterocycles. The van der Waals surface area contributed by atoms with Gasteiger partial charge in [-0.2, -0.15) is 0 Å². The van der Waals surface area contributed by atoms with Crippen molar-refractivity contribution in [1.82, 2.24) is 10.2 Å². The molecule has 3 amide bonds. The monoisotopic (exact) mass is 346 g/mol. The maximum Gasteiger partial charge on any atom is 0.325 e. The molecule has 0 radical (unpaired) electrons. The van der Waals surface area contributed by atoms with E-state index in [0.29, 0.717) is 13.0 Å². The van der Waals surface area contributed by atoms with E-state index in [9.17, 15) is 9.59 Å². The fraction of sp³-hybridized carbons (Fsp3) is 0.600. The summed E-state index contributed by atoms with van der Waals surface area (Å²) in [5.41, 5.74) is 1.39. The third-order valence-electron chi connectivity index (χ3n) is 4.79. The maximum atomic E-state index is 12.7. The Labute approximate surface area is 150 Å². The predicted molar refractivity (Wildman–Crippen MR) is 98.8 cm³/mol. The average Bonchev–Trinajstić information content (AvgIpc) is 2.78. The van der Waals surface area contributed by atoms with Gasteiger partial charge in [0.2, 0.25) is 0 Å². The van der Waals surface area contributed by atoms with Crippen molar-refractivity contribution >= 4 is 11.9 Å². The Morgan fingerprint density at radius 2 is 1.92 bits per heavy atom. The van der Waals surface area contributed by atoms with Crippen molar-refractivity contribution in [2.45, 2.75) is 65.3 Å². The minimum absolute atomic E-state index is 0.140. The number of hydrogen-bond donors (Lipinski definition) is 1. The fourth-order valence-corrected chi connectivity index (χ4v) is 3.13. The topological polar surface area (TPSA) is 58.6 Å². The smallest absolute Gasteiger partial charge is 0.325 e. The second kappa shape index (κ2) is 8.37. The highest BCUT2D eigenvalue weighted by Gasteiger charge is 2.46. The molecule has 0 spiro atoms. The summed E-state index contributed by atoms with van der Waals surface area (Å²) >= 11 is 0. The van der Waals surface area contributed by atoms with E-state index < -0.39 is 5.54 Å². The van der Waals surface area contributed by atoms with Crippen molar-refractivity contribution in [3.63, 3.8) is 0 Å². The highest BCUT2D eigenvalue weighted by atomic mass is 16.5. The third kappa shape index (κ3) is 4.74. The number of aryl methyl sites for hydroxylation is 2. The van der Waals surface area contributed by atoms with Crippen LogP contribution in [0.3, 0.4) is 0 Å². The Balaban J connectivity index is 1.88. The molecular formula is C20H30N2O3. The molecular weight excluding hydrogens is 316 g/mol. The molecule has 25 heavy (non-hydrogen) atoms. The van der Waals surface area contributed by atoms with Gasteiger partial charge in [0.05, 0.1) is 6.54 Å². The van der Waals surface area contributed by atoms with E-state index in [2.05, 4.69) is 12.2 Å². The predicted octanol–water partition coefficient (Wildman–Crippen LogP) is 3.96. The van der Waals surface area contributed by atoms with Crippen LogP contribution < -0.4 is 10.1 Å². The summed E-state index contributed by atoms with van der Waals surface area (Å²) in [5.74, 6) is 0.660. The first-order chi connectivity index (χ1) is 11.9. The zero-order valence-corrected chi connectivity index (χ0v) is 15.9. The molecule has 1 aliphatic rings. The van der Waals surface area contributed by atoms with E-state index >= 15 is 0 Å². The van der Waals surface area contributed by atoms with Crippen LogP contribution in [0.4, 0.5) is 4.79 Å². The van der Waals surface area contributed by atoms with Gasteiger partial charge in [-0.15, -0.1) is 0 Å². The van der Waals surface area contributed by atoms with Crippen LogP contribution in [-0.4, -0.2) is 35.5 Å². The van der Waals surface area contributed by atoms with Crippen LogP contribution in [0.25, 0.3) is 0 Å². The summed E-state index contributed by atoms with van der Waals surface area (Å²) in [4.78, 5) is 26.1. The van der Waals surface area contributed by atoms with Gasteiger partial charge in [-0.3, -0.25) is 9.69 Å². The summed E-state index contributed by atoms with van der Waals surface area (Å²) < 4.78 is 5.78. The second-order valence-corrected chi connectivity index (χ2v) is 7.15. The van der Waals surface area contributed by atoms with E-state index in [4.69, 9.17) is 4.74 Å². The van der Waals surface area contributed by atoms with Crippen LogP contribution in [0.1, 0.15) is 57.1 Å². The lowest BCUT2D eigenvalue weighted by Gasteiger charge is -2.21.